The first kappa shape index (κ1) is 22.4. The number of rotatable bonds is 8. The number of carbonyl (C=O) groups is 2. The zero-order valence-electron chi connectivity index (χ0n) is 18.3. The number of piperidine rings is 1. The molecule has 2 aromatic rings. The van der Waals surface area contributed by atoms with Gasteiger partial charge in [0.15, 0.2) is 17.3 Å². The van der Waals surface area contributed by atoms with E-state index < -0.39 is 0 Å². The second-order valence-electron chi connectivity index (χ2n) is 7.52. The number of amides is 1. The molecule has 6 heteroatoms. The quantitative estimate of drug-likeness (QED) is 0.471. The molecule has 2 aromatic carbocycles. The van der Waals surface area contributed by atoms with Crippen molar-refractivity contribution in [3.05, 3.63) is 65.7 Å². The van der Waals surface area contributed by atoms with E-state index in [1.807, 2.05) is 6.07 Å². The first-order valence-electron chi connectivity index (χ1n) is 10.4. The minimum atomic E-state index is -0.0841. The van der Waals surface area contributed by atoms with Crippen molar-refractivity contribution in [1.82, 2.24) is 4.90 Å². The van der Waals surface area contributed by atoms with Crippen LogP contribution in [0.15, 0.2) is 49.1 Å². The Morgan fingerprint density at radius 3 is 2.23 bits per heavy atom. The Hall–Kier alpha value is -3.28. The van der Waals surface area contributed by atoms with E-state index in [0.717, 1.165) is 11.3 Å². The minimum Gasteiger partial charge on any atom is -0.497 e. The van der Waals surface area contributed by atoms with E-state index in [4.69, 9.17) is 14.2 Å². The Morgan fingerprint density at radius 2 is 1.68 bits per heavy atom. The van der Waals surface area contributed by atoms with Crippen LogP contribution >= 0.6 is 0 Å². The zero-order chi connectivity index (χ0) is 22.4. The molecule has 31 heavy (non-hydrogen) atoms. The fraction of sp³-hybridized carbons (Fsp3) is 0.360. The number of allylic oxidation sites excluding steroid dienone is 1. The van der Waals surface area contributed by atoms with Gasteiger partial charge in [-0.15, -0.1) is 6.58 Å². The van der Waals surface area contributed by atoms with Gasteiger partial charge in [-0.3, -0.25) is 9.59 Å². The van der Waals surface area contributed by atoms with E-state index in [2.05, 4.69) is 6.58 Å². The predicted octanol–water partition coefficient (Wildman–Crippen LogP) is 4.18. The topological polar surface area (TPSA) is 65.1 Å². The van der Waals surface area contributed by atoms with Gasteiger partial charge >= 0.3 is 0 Å². The van der Waals surface area contributed by atoms with Crippen molar-refractivity contribution in [3.63, 3.8) is 0 Å². The van der Waals surface area contributed by atoms with Gasteiger partial charge in [0.1, 0.15) is 5.75 Å². The van der Waals surface area contributed by atoms with Crippen LogP contribution in [-0.2, 0) is 6.42 Å². The van der Waals surface area contributed by atoms with Crippen LogP contribution < -0.4 is 14.2 Å². The van der Waals surface area contributed by atoms with E-state index in [9.17, 15) is 9.59 Å². The van der Waals surface area contributed by atoms with Crippen LogP contribution in [0.1, 0.15) is 39.1 Å². The van der Waals surface area contributed by atoms with Crippen LogP contribution in [0.2, 0.25) is 0 Å². The highest BCUT2D eigenvalue weighted by Gasteiger charge is 2.29. The third kappa shape index (κ3) is 4.90. The van der Waals surface area contributed by atoms with Crippen molar-refractivity contribution in [2.45, 2.75) is 19.3 Å². The highest BCUT2D eigenvalue weighted by atomic mass is 16.5. The average Bonchev–Trinajstić information content (AvgIpc) is 2.83. The Labute approximate surface area is 183 Å². The summed E-state index contributed by atoms with van der Waals surface area (Å²) in [4.78, 5) is 27.8. The van der Waals surface area contributed by atoms with E-state index in [1.165, 1.54) is 0 Å². The summed E-state index contributed by atoms with van der Waals surface area (Å²) in [6.45, 7) is 4.86. The average molecular weight is 424 g/mol. The molecule has 1 amide bonds. The van der Waals surface area contributed by atoms with Gasteiger partial charge in [0.2, 0.25) is 0 Å². The summed E-state index contributed by atoms with van der Waals surface area (Å²) < 4.78 is 16.0. The SMILES string of the molecule is C=CCc1cc(C(=O)N2CCC(C(=O)c3ccc(OC)cc3)CC2)cc(OC)c1OC. The molecule has 0 aromatic heterocycles. The largest absolute Gasteiger partial charge is 0.497 e. The summed E-state index contributed by atoms with van der Waals surface area (Å²) in [7, 11) is 4.74. The maximum Gasteiger partial charge on any atom is 0.254 e. The second kappa shape index (κ2) is 10.2. The normalized spacial score (nSPS) is 14.1. The Balaban J connectivity index is 1.70. The molecule has 0 aliphatic carbocycles. The summed E-state index contributed by atoms with van der Waals surface area (Å²) >= 11 is 0. The van der Waals surface area contributed by atoms with Crippen molar-refractivity contribution in [2.75, 3.05) is 34.4 Å². The fourth-order valence-electron chi connectivity index (χ4n) is 3.99. The molecule has 1 saturated heterocycles. The molecule has 0 saturated carbocycles. The number of ether oxygens (including phenoxy) is 3. The molecule has 0 unspecified atom stereocenters. The molecule has 1 fully saturated rings. The lowest BCUT2D eigenvalue weighted by Crippen LogP contribution is -2.40. The van der Waals surface area contributed by atoms with Crippen molar-refractivity contribution in [1.29, 1.82) is 0 Å². The van der Waals surface area contributed by atoms with Crippen molar-refractivity contribution < 1.29 is 23.8 Å². The molecule has 0 spiro atoms. The smallest absolute Gasteiger partial charge is 0.254 e. The fourth-order valence-corrected chi connectivity index (χ4v) is 3.99. The molecule has 0 N–H and O–H groups in total. The van der Waals surface area contributed by atoms with Crippen molar-refractivity contribution in [3.8, 4) is 17.2 Å². The molecule has 6 nitrogen and oxygen atoms in total. The minimum absolute atomic E-state index is 0.0680. The number of Topliss-reactive ketones (excluding diaryl/α,β-unsaturated/α-hetero) is 1. The number of ketones is 1. The van der Waals surface area contributed by atoms with E-state index in [-0.39, 0.29) is 17.6 Å². The Morgan fingerprint density at radius 1 is 1.00 bits per heavy atom. The number of hydrogen-bond donors (Lipinski definition) is 0. The number of likely N-dealkylation sites (tertiary alicyclic amines) is 1. The van der Waals surface area contributed by atoms with Crippen molar-refractivity contribution >= 4 is 11.7 Å². The van der Waals surface area contributed by atoms with Gasteiger partial charge in [-0.2, -0.15) is 0 Å². The molecule has 3 rings (SSSR count). The van der Waals surface area contributed by atoms with Crippen LogP contribution in [-0.4, -0.2) is 51.0 Å². The van der Waals surface area contributed by atoms with Crippen LogP contribution in [0.4, 0.5) is 0 Å². The van der Waals surface area contributed by atoms with Crippen LogP contribution in [0.3, 0.4) is 0 Å². The highest BCUT2D eigenvalue weighted by molar-refractivity contribution is 5.98. The molecular formula is C25H29NO5. The molecule has 0 atom stereocenters. The van der Waals surface area contributed by atoms with Gasteiger partial charge < -0.3 is 19.1 Å². The second-order valence-corrected chi connectivity index (χ2v) is 7.52. The van der Waals surface area contributed by atoms with Crippen molar-refractivity contribution in [2.24, 2.45) is 5.92 Å². The lowest BCUT2D eigenvalue weighted by Gasteiger charge is -2.31. The summed E-state index contributed by atoms with van der Waals surface area (Å²) in [6.07, 6.45) is 3.62. The first-order valence-corrected chi connectivity index (χ1v) is 10.4. The summed E-state index contributed by atoms with van der Waals surface area (Å²) in [5.74, 6) is 1.83. The van der Waals surface area contributed by atoms with Gasteiger partial charge in [-0.25, -0.2) is 0 Å². The number of benzene rings is 2. The van der Waals surface area contributed by atoms with Gasteiger partial charge in [0.05, 0.1) is 21.3 Å². The van der Waals surface area contributed by atoms with Gasteiger partial charge in [-0.05, 0) is 55.7 Å². The number of nitrogens with zero attached hydrogens (tertiary/aromatic N) is 1. The van der Waals surface area contributed by atoms with Gasteiger partial charge in [-0.1, -0.05) is 6.08 Å². The number of methoxy groups -OCH3 is 3. The van der Waals surface area contributed by atoms with Crippen LogP contribution in [0, 0.1) is 5.92 Å². The molecular weight excluding hydrogens is 394 g/mol. The number of carbonyl (C=O) groups excluding carboxylic acids is 2. The third-order valence-electron chi connectivity index (χ3n) is 5.69. The maximum atomic E-state index is 13.1. The van der Waals surface area contributed by atoms with E-state index in [1.54, 1.807) is 62.6 Å². The van der Waals surface area contributed by atoms with E-state index in [0.29, 0.717) is 55.0 Å². The van der Waals surface area contributed by atoms with Crippen LogP contribution in [0.25, 0.3) is 0 Å². The lowest BCUT2D eigenvalue weighted by molar-refractivity contribution is 0.0650. The molecule has 1 heterocycles. The Bertz CT molecular complexity index is 943. The summed E-state index contributed by atoms with van der Waals surface area (Å²) in [6, 6.07) is 10.7. The summed E-state index contributed by atoms with van der Waals surface area (Å²) in [5, 5.41) is 0. The first-order chi connectivity index (χ1) is 15.0. The van der Waals surface area contributed by atoms with Crippen LogP contribution in [0.5, 0.6) is 17.2 Å². The molecule has 1 aliphatic rings. The lowest BCUT2D eigenvalue weighted by atomic mass is 9.88. The monoisotopic (exact) mass is 423 g/mol. The summed E-state index contributed by atoms with van der Waals surface area (Å²) in [5.41, 5.74) is 2.08. The standard InChI is InChI=1S/C25H29NO5/c1-5-6-19-15-20(16-22(30-3)24(19)31-4)25(28)26-13-11-18(12-14-26)23(27)17-7-9-21(29-2)10-8-17/h5,7-10,15-16,18H,1,6,11-14H2,2-4H3. The van der Waals surface area contributed by atoms with Gasteiger partial charge in [0, 0.05) is 35.7 Å². The Kier molecular flexibility index (Phi) is 7.34. The number of hydrogen-bond acceptors (Lipinski definition) is 5. The highest BCUT2D eigenvalue weighted by Crippen LogP contribution is 2.34. The van der Waals surface area contributed by atoms with E-state index >= 15 is 0 Å². The van der Waals surface area contributed by atoms with Gasteiger partial charge in [0.25, 0.3) is 5.91 Å². The molecule has 0 radical (unpaired) electrons. The molecule has 0 bridgehead atoms. The molecule has 164 valence electrons. The predicted molar refractivity (Wildman–Crippen MR) is 119 cm³/mol. The molecule has 1 aliphatic heterocycles. The zero-order valence-corrected chi connectivity index (χ0v) is 18.3. The third-order valence-corrected chi connectivity index (χ3v) is 5.69. The maximum absolute atomic E-state index is 13.1.